The van der Waals surface area contributed by atoms with Gasteiger partial charge in [0.15, 0.2) is 17.4 Å². The average molecular weight is 297 g/mol. The summed E-state index contributed by atoms with van der Waals surface area (Å²) in [4.78, 5) is 12.2. The molecular formula is C15H11ClF2O2. The van der Waals surface area contributed by atoms with Crippen molar-refractivity contribution in [2.45, 2.75) is 6.42 Å². The molecule has 0 radical (unpaired) electrons. The first-order valence-electron chi connectivity index (χ1n) is 5.82. The molecule has 0 aliphatic heterocycles. The third kappa shape index (κ3) is 3.14. The van der Waals surface area contributed by atoms with Crippen LogP contribution in [0.1, 0.15) is 15.9 Å². The summed E-state index contributed by atoms with van der Waals surface area (Å²) < 4.78 is 31.0. The van der Waals surface area contributed by atoms with Gasteiger partial charge in [0.25, 0.3) is 0 Å². The van der Waals surface area contributed by atoms with E-state index < -0.39 is 11.6 Å². The first kappa shape index (κ1) is 14.5. The molecule has 0 fully saturated rings. The predicted octanol–water partition coefficient (Wildman–Crippen LogP) is 4.05. The molecule has 0 saturated carbocycles. The Morgan fingerprint density at radius 3 is 2.55 bits per heavy atom. The summed E-state index contributed by atoms with van der Waals surface area (Å²) >= 11 is 5.82. The molecule has 0 spiro atoms. The summed E-state index contributed by atoms with van der Waals surface area (Å²) in [6.07, 6.45) is -0.0464. The highest BCUT2D eigenvalue weighted by atomic mass is 35.5. The molecule has 104 valence electrons. The topological polar surface area (TPSA) is 26.3 Å². The van der Waals surface area contributed by atoms with Crippen LogP contribution in [0.4, 0.5) is 8.78 Å². The van der Waals surface area contributed by atoms with E-state index in [9.17, 15) is 13.6 Å². The van der Waals surface area contributed by atoms with Crippen LogP contribution in [-0.2, 0) is 6.42 Å². The van der Waals surface area contributed by atoms with E-state index in [1.165, 1.54) is 19.2 Å². The van der Waals surface area contributed by atoms with Crippen LogP contribution in [0.3, 0.4) is 0 Å². The summed E-state index contributed by atoms with van der Waals surface area (Å²) in [5, 5.41) is 0.450. The largest absolute Gasteiger partial charge is 0.496 e. The minimum Gasteiger partial charge on any atom is -0.496 e. The molecule has 0 amide bonds. The summed E-state index contributed by atoms with van der Waals surface area (Å²) in [6.45, 7) is 0. The maximum Gasteiger partial charge on any atom is 0.170 e. The smallest absolute Gasteiger partial charge is 0.170 e. The fourth-order valence-corrected chi connectivity index (χ4v) is 1.99. The lowest BCUT2D eigenvalue weighted by atomic mass is 10.0. The van der Waals surface area contributed by atoms with Gasteiger partial charge >= 0.3 is 0 Å². The zero-order valence-electron chi connectivity index (χ0n) is 10.6. The lowest BCUT2D eigenvalue weighted by Gasteiger charge is -2.08. The van der Waals surface area contributed by atoms with Gasteiger partial charge in [-0.15, -0.1) is 0 Å². The van der Waals surface area contributed by atoms with Crippen molar-refractivity contribution in [3.8, 4) is 5.75 Å². The molecule has 2 aromatic carbocycles. The third-order valence-electron chi connectivity index (χ3n) is 2.81. The molecule has 5 heteroatoms. The zero-order valence-corrected chi connectivity index (χ0v) is 11.4. The molecule has 0 saturated heterocycles. The molecule has 0 atom stereocenters. The monoisotopic (exact) mass is 296 g/mol. The van der Waals surface area contributed by atoms with Gasteiger partial charge in [0, 0.05) is 11.4 Å². The number of ether oxygens (including phenoxy) is 1. The summed E-state index contributed by atoms with van der Waals surface area (Å²) in [7, 11) is 1.43. The molecule has 0 N–H and O–H groups in total. The number of rotatable bonds is 4. The number of halogens is 3. The van der Waals surface area contributed by atoms with Gasteiger partial charge in [-0.05, 0) is 35.9 Å². The molecule has 0 aliphatic carbocycles. The maximum atomic E-state index is 13.1. The third-order valence-corrected chi connectivity index (χ3v) is 3.05. The number of hydrogen-bond acceptors (Lipinski definition) is 2. The van der Waals surface area contributed by atoms with Crippen LogP contribution in [0.25, 0.3) is 0 Å². The van der Waals surface area contributed by atoms with Gasteiger partial charge in [-0.3, -0.25) is 4.79 Å². The lowest BCUT2D eigenvalue weighted by molar-refractivity contribution is 0.0990. The van der Waals surface area contributed by atoms with Crippen molar-refractivity contribution in [2.75, 3.05) is 7.11 Å². The number of methoxy groups -OCH3 is 1. The standard InChI is InChI=1S/C15H11ClF2O2/c1-20-15-8-10(16)3-4-11(15)14(19)7-9-2-5-12(17)13(18)6-9/h2-6,8H,7H2,1H3. The Kier molecular flexibility index (Phi) is 4.35. The van der Waals surface area contributed by atoms with Crippen molar-refractivity contribution in [1.29, 1.82) is 0 Å². The average Bonchev–Trinajstić information content (AvgIpc) is 2.42. The molecule has 0 bridgehead atoms. The number of Topliss-reactive ketones (excluding diaryl/α,β-unsaturated/α-hetero) is 1. The van der Waals surface area contributed by atoms with E-state index >= 15 is 0 Å². The molecule has 0 unspecified atom stereocenters. The fourth-order valence-electron chi connectivity index (χ4n) is 1.83. The number of carbonyl (C=O) groups excluding carboxylic acids is 1. The number of carbonyl (C=O) groups is 1. The minimum atomic E-state index is -0.974. The van der Waals surface area contributed by atoms with E-state index in [0.29, 0.717) is 21.9 Å². The molecular weight excluding hydrogens is 286 g/mol. The second-order valence-electron chi connectivity index (χ2n) is 4.19. The van der Waals surface area contributed by atoms with Crippen LogP contribution in [-0.4, -0.2) is 12.9 Å². The van der Waals surface area contributed by atoms with Gasteiger partial charge in [-0.2, -0.15) is 0 Å². The van der Waals surface area contributed by atoms with E-state index in [2.05, 4.69) is 0 Å². The molecule has 2 aromatic rings. The van der Waals surface area contributed by atoms with Gasteiger partial charge in [-0.1, -0.05) is 17.7 Å². The van der Waals surface area contributed by atoms with Crippen LogP contribution >= 0.6 is 11.6 Å². The van der Waals surface area contributed by atoms with E-state index in [-0.39, 0.29) is 12.2 Å². The van der Waals surface area contributed by atoms with Gasteiger partial charge in [0.1, 0.15) is 5.75 Å². The minimum absolute atomic E-state index is 0.0464. The van der Waals surface area contributed by atoms with Crippen LogP contribution < -0.4 is 4.74 Å². The number of hydrogen-bond donors (Lipinski definition) is 0. The first-order chi connectivity index (χ1) is 9.51. The fraction of sp³-hybridized carbons (Fsp3) is 0.133. The van der Waals surface area contributed by atoms with Crippen LogP contribution in [0.2, 0.25) is 5.02 Å². The summed E-state index contributed by atoms with van der Waals surface area (Å²) in [5.74, 6) is -1.82. The van der Waals surface area contributed by atoms with Crippen molar-refractivity contribution in [1.82, 2.24) is 0 Å². The van der Waals surface area contributed by atoms with E-state index in [4.69, 9.17) is 16.3 Å². The van der Waals surface area contributed by atoms with Crippen molar-refractivity contribution in [3.63, 3.8) is 0 Å². The second kappa shape index (κ2) is 6.01. The molecule has 20 heavy (non-hydrogen) atoms. The quantitative estimate of drug-likeness (QED) is 0.796. The normalized spacial score (nSPS) is 10.4. The Morgan fingerprint density at radius 2 is 1.90 bits per heavy atom. The zero-order chi connectivity index (χ0) is 14.7. The van der Waals surface area contributed by atoms with E-state index in [1.807, 2.05) is 0 Å². The highest BCUT2D eigenvalue weighted by Crippen LogP contribution is 2.24. The highest BCUT2D eigenvalue weighted by molar-refractivity contribution is 6.30. The highest BCUT2D eigenvalue weighted by Gasteiger charge is 2.14. The van der Waals surface area contributed by atoms with Gasteiger partial charge in [0.2, 0.25) is 0 Å². The maximum absolute atomic E-state index is 13.1. The second-order valence-corrected chi connectivity index (χ2v) is 4.63. The summed E-state index contributed by atoms with van der Waals surface area (Å²) in [6, 6.07) is 8.03. The van der Waals surface area contributed by atoms with Crippen molar-refractivity contribution in [2.24, 2.45) is 0 Å². The molecule has 0 aromatic heterocycles. The Bertz CT molecular complexity index is 656. The van der Waals surface area contributed by atoms with Crippen molar-refractivity contribution < 1.29 is 18.3 Å². The Balaban J connectivity index is 2.25. The van der Waals surface area contributed by atoms with E-state index in [1.54, 1.807) is 12.1 Å². The van der Waals surface area contributed by atoms with Gasteiger partial charge in [-0.25, -0.2) is 8.78 Å². The van der Waals surface area contributed by atoms with Crippen molar-refractivity contribution in [3.05, 3.63) is 64.2 Å². The van der Waals surface area contributed by atoms with Gasteiger partial charge < -0.3 is 4.74 Å². The Morgan fingerprint density at radius 1 is 1.15 bits per heavy atom. The van der Waals surface area contributed by atoms with Gasteiger partial charge in [0.05, 0.1) is 12.7 Å². The van der Waals surface area contributed by atoms with Crippen LogP contribution in [0, 0.1) is 11.6 Å². The van der Waals surface area contributed by atoms with Crippen LogP contribution in [0.5, 0.6) is 5.75 Å². The lowest BCUT2D eigenvalue weighted by Crippen LogP contribution is -2.06. The predicted molar refractivity (Wildman–Crippen MR) is 72.4 cm³/mol. The Labute approximate surface area is 119 Å². The first-order valence-corrected chi connectivity index (χ1v) is 6.19. The number of ketones is 1. The van der Waals surface area contributed by atoms with Crippen molar-refractivity contribution >= 4 is 17.4 Å². The van der Waals surface area contributed by atoms with Crippen LogP contribution in [0.15, 0.2) is 36.4 Å². The SMILES string of the molecule is COc1cc(Cl)ccc1C(=O)Cc1ccc(F)c(F)c1. The molecule has 2 nitrogen and oxygen atoms in total. The molecule has 0 heterocycles. The molecule has 0 aliphatic rings. The molecule has 2 rings (SSSR count). The number of benzene rings is 2. The summed E-state index contributed by atoms with van der Waals surface area (Å²) in [5.41, 5.74) is 0.743. The van der Waals surface area contributed by atoms with E-state index in [0.717, 1.165) is 12.1 Å². The Hall–Kier alpha value is -1.94.